The smallest absolute Gasteiger partial charge is 0.191 e. The number of carbonyl (C=O) groups excluding carboxylic acids is 1. The van der Waals surface area contributed by atoms with E-state index in [4.69, 9.17) is 0 Å². The van der Waals surface area contributed by atoms with Crippen LogP contribution in [0.3, 0.4) is 0 Å². The van der Waals surface area contributed by atoms with Gasteiger partial charge in [0.15, 0.2) is 5.78 Å². The van der Waals surface area contributed by atoms with Crippen LogP contribution >= 0.6 is 11.3 Å². The first-order valence-corrected chi connectivity index (χ1v) is 6.59. The molecule has 0 saturated carbocycles. The maximum atomic E-state index is 11.9. The number of ketones is 1. The molecule has 16 heavy (non-hydrogen) atoms. The number of Topliss-reactive ketones (excluding diaryl/α,β-unsaturated/α-hetero) is 1. The molecule has 0 unspecified atom stereocenters. The van der Waals surface area contributed by atoms with Crippen molar-refractivity contribution in [2.75, 3.05) is 14.1 Å². The Labute approximate surface area is 102 Å². The zero-order valence-corrected chi connectivity index (χ0v) is 11.2. The largest absolute Gasteiger partial charge is 0.383 e. The summed E-state index contributed by atoms with van der Waals surface area (Å²) in [6, 6.07) is 0. The number of aryl methyl sites for hydroxylation is 1. The number of rotatable bonds is 1. The van der Waals surface area contributed by atoms with Crippen LogP contribution in [-0.2, 0) is 6.42 Å². The molecule has 2 nitrogen and oxygen atoms in total. The summed E-state index contributed by atoms with van der Waals surface area (Å²) in [4.78, 5) is 13.9. The van der Waals surface area contributed by atoms with Gasteiger partial charge in [-0.2, -0.15) is 11.3 Å². The summed E-state index contributed by atoms with van der Waals surface area (Å²) in [5.41, 5.74) is 3.06. The van der Waals surface area contributed by atoms with Crippen molar-refractivity contribution in [3.8, 4) is 0 Å². The van der Waals surface area contributed by atoms with Gasteiger partial charge in [0, 0.05) is 36.8 Å². The molecule has 0 amide bonds. The molecule has 0 aromatic carbocycles. The van der Waals surface area contributed by atoms with Gasteiger partial charge in [-0.25, -0.2) is 0 Å². The second-order valence-electron chi connectivity index (χ2n) is 3.76. The van der Waals surface area contributed by atoms with Crippen LogP contribution in [0.1, 0.15) is 36.2 Å². The summed E-state index contributed by atoms with van der Waals surface area (Å²) in [6.45, 7) is 4.00. The van der Waals surface area contributed by atoms with E-state index in [2.05, 4.69) is 5.38 Å². The molecule has 0 N–H and O–H groups in total. The van der Waals surface area contributed by atoms with Crippen molar-refractivity contribution in [3.63, 3.8) is 0 Å². The number of hydrogen-bond donors (Lipinski definition) is 0. The van der Waals surface area contributed by atoms with E-state index >= 15 is 0 Å². The first-order valence-electron chi connectivity index (χ1n) is 5.65. The predicted molar refractivity (Wildman–Crippen MR) is 70.1 cm³/mol. The molecule has 1 aliphatic rings. The number of carbonyl (C=O) groups is 1. The van der Waals surface area contributed by atoms with Crippen LogP contribution in [-0.4, -0.2) is 24.8 Å². The molecule has 0 atom stereocenters. The minimum atomic E-state index is 0.209. The number of fused-ring (bicyclic) bond motifs is 1. The molecule has 0 saturated heterocycles. The second-order valence-corrected chi connectivity index (χ2v) is 4.50. The normalized spacial score (nSPS) is 16.5. The van der Waals surface area contributed by atoms with Gasteiger partial charge in [0.05, 0.1) is 0 Å². The van der Waals surface area contributed by atoms with E-state index in [9.17, 15) is 4.79 Å². The average Bonchev–Trinajstić information content (AvgIpc) is 2.73. The number of allylic oxidation sites excluding steroid dienone is 1. The zero-order chi connectivity index (χ0) is 12.1. The molecule has 2 rings (SSSR count). The molecule has 1 aliphatic carbocycles. The van der Waals surface area contributed by atoms with Gasteiger partial charge < -0.3 is 4.90 Å². The molecular formula is C13H19NOS. The summed E-state index contributed by atoms with van der Waals surface area (Å²) in [5.74, 6) is 0.209. The molecular weight excluding hydrogens is 218 g/mol. The molecule has 1 heterocycles. The van der Waals surface area contributed by atoms with Crippen LogP contribution in [0.2, 0.25) is 0 Å². The fourth-order valence-electron chi connectivity index (χ4n) is 1.71. The van der Waals surface area contributed by atoms with E-state index in [0.717, 1.165) is 24.0 Å². The first kappa shape index (κ1) is 13.0. The van der Waals surface area contributed by atoms with E-state index in [1.54, 1.807) is 11.3 Å². The fraction of sp³-hybridized carbons (Fsp3) is 0.462. The second kappa shape index (κ2) is 5.85. The first-order chi connectivity index (χ1) is 7.68. The van der Waals surface area contributed by atoms with Gasteiger partial charge in [-0.05, 0) is 23.8 Å². The Morgan fingerprint density at radius 1 is 1.25 bits per heavy atom. The standard InChI is InChI=1S/C11H13NOS.C2H6/c1-12(2)5-8-3-4-9-6-14-7-10(9)11(8)13;1-2/h5-7H,3-4H2,1-2H3;1-2H3/b8-5+;. The minimum absolute atomic E-state index is 0.209. The fourth-order valence-corrected chi connectivity index (χ4v) is 2.58. The lowest BCUT2D eigenvalue weighted by Gasteiger charge is -2.16. The van der Waals surface area contributed by atoms with Crippen LogP contribution in [0.15, 0.2) is 22.5 Å². The third kappa shape index (κ3) is 2.73. The van der Waals surface area contributed by atoms with Gasteiger partial charge in [-0.15, -0.1) is 0 Å². The van der Waals surface area contributed by atoms with Gasteiger partial charge in [-0.1, -0.05) is 13.8 Å². The number of hydrogen-bond acceptors (Lipinski definition) is 3. The van der Waals surface area contributed by atoms with Crippen molar-refractivity contribution in [2.24, 2.45) is 0 Å². The van der Waals surface area contributed by atoms with Gasteiger partial charge in [0.2, 0.25) is 0 Å². The Kier molecular flexibility index (Phi) is 4.74. The van der Waals surface area contributed by atoms with Crippen molar-refractivity contribution in [2.45, 2.75) is 26.7 Å². The van der Waals surface area contributed by atoms with Gasteiger partial charge in [0.25, 0.3) is 0 Å². The minimum Gasteiger partial charge on any atom is -0.383 e. The van der Waals surface area contributed by atoms with Crippen molar-refractivity contribution in [3.05, 3.63) is 33.7 Å². The van der Waals surface area contributed by atoms with Gasteiger partial charge in [-0.3, -0.25) is 4.79 Å². The lowest BCUT2D eigenvalue weighted by Crippen LogP contribution is -2.15. The highest BCUT2D eigenvalue weighted by Crippen LogP contribution is 2.27. The van der Waals surface area contributed by atoms with Crippen LogP contribution in [0.5, 0.6) is 0 Å². The van der Waals surface area contributed by atoms with Crippen LogP contribution in [0.4, 0.5) is 0 Å². The highest BCUT2D eigenvalue weighted by molar-refractivity contribution is 7.08. The molecule has 0 bridgehead atoms. The molecule has 3 heteroatoms. The third-order valence-corrected chi connectivity index (χ3v) is 3.15. The Balaban J connectivity index is 0.000000606. The molecule has 1 aromatic heterocycles. The maximum absolute atomic E-state index is 11.9. The van der Waals surface area contributed by atoms with Gasteiger partial charge >= 0.3 is 0 Å². The summed E-state index contributed by atoms with van der Waals surface area (Å²) in [7, 11) is 3.90. The summed E-state index contributed by atoms with van der Waals surface area (Å²) in [5, 5.41) is 4.04. The Bertz CT molecular complexity index is 390. The van der Waals surface area contributed by atoms with E-state index in [-0.39, 0.29) is 5.78 Å². The lowest BCUT2D eigenvalue weighted by molar-refractivity contribution is 0.102. The van der Waals surface area contributed by atoms with Crippen molar-refractivity contribution in [1.82, 2.24) is 4.90 Å². The molecule has 0 radical (unpaired) electrons. The molecule has 0 aliphatic heterocycles. The van der Waals surface area contributed by atoms with Crippen molar-refractivity contribution >= 4 is 17.1 Å². The molecule has 1 aromatic rings. The predicted octanol–water partition coefficient (Wildman–Crippen LogP) is 3.35. The Hall–Kier alpha value is -1.09. The number of nitrogens with zero attached hydrogens (tertiary/aromatic N) is 1. The van der Waals surface area contributed by atoms with E-state index in [0.29, 0.717) is 0 Å². The highest BCUT2D eigenvalue weighted by Gasteiger charge is 2.22. The summed E-state index contributed by atoms with van der Waals surface area (Å²) < 4.78 is 0. The van der Waals surface area contributed by atoms with E-state index in [1.165, 1.54) is 5.56 Å². The van der Waals surface area contributed by atoms with E-state index in [1.807, 2.05) is 44.4 Å². The molecule has 0 fully saturated rings. The molecule has 88 valence electrons. The Morgan fingerprint density at radius 3 is 2.56 bits per heavy atom. The monoisotopic (exact) mass is 237 g/mol. The summed E-state index contributed by atoms with van der Waals surface area (Å²) in [6.07, 6.45) is 3.81. The van der Waals surface area contributed by atoms with Crippen LogP contribution in [0, 0.1) is 0 Å². The number of thiophene rings is 1. The quantitative estimate of drug-likeness (QED) is 0.698. The summed E-state index contributed by atoms with van der Waals surface area (Å²) >= 11 is 1.62. The lowest BCUT2D eigenvalue weighted by atomic mass is 9.90. The maximum Gasteiger partial charge on any atom is 0.191 e. The van der Waals surface area contributed by atoms with Gasteiger partial charge in [0.1, 0.15) is 0 Å². The average molecular weight is 237 g/mol. The zero-order valence-electron chi connectivity index (χ0n) is 10.4. The Morgan fingerprint density at radius 2 is 1.94 bits per heavy atom. The SMILES string of the molecule is CC.CN(C)/C=C1\CCc2cscc2C1=O. The van der Waals surface area contributed by atoms with E-state index < -0.39 is 0 Å². The van der Waals surface area contributed by atoms with Crippen molar-refractivity contribution < 1.29 is 4.79 Å². The van der Waals surface area contributed by atoms with Crippen LogP contribution in [0.25, 0.3) is 0 Å². The van der Waals surface area contributed by atoms with Crippen molar-refractivity contribution in [1.29, 1.82) is 0 Å². The highest BCUT2D eigenvalue weighted by atomic mass is 32.1. The molecule has 0 spiro atoms. The van der Waals surface area contributed by atoms with Crippen LogP contribution < -0.4 is 0 Å². The topological polar surface area (TPSA) is 20.3 Å². The third-order valence-electron chi connectivity index (χ3n) is 2.36.